The van der Waals surface area contributed by atoms with Gasteiger partial charge in [-0.3, -0.25) is 4.98 Å². The number of alkyl halides is 1. The maximum Gasteiger partial charge on any atom is 0.133 e. The molecule has 1 aromatic heterocycles. The second kappa shape index (κ2) is 5.65. The molecule has 0 aliphatic carbocycles. The third-order valence-corrected chi connectivity index (χ3v) is 3.52. The van der Waals surface area contributed by atoms with Crippen LogP contribution in [0, 0.1) is 0 Å². The lowest BCUT2D eigenvalue weighted by molar-refractivity contribution is 0.149. The van der Waals surface area contributed by atoms with Gasteiger partial charge in [-0.25, -0.2) is 4.39 Å². The van der Waals surface area contributed by atoms with E-state index >= 15 is 0 Å². The lowest BCUT2D eigenvalue weighted by Gasteiger charge is -2.33. The summed E-state index contributed by atoms with van der Waals surface area (Å²) in [4.78, 5) is 6.25. The zero-order valence-electron chi connectivity index (χ0n) is 11.4. The largest absolute Gasteiger partial charge is 0.378 e. The van der Waals surface area contributed by atoms with E-state index in [1.807, 2.05) is 18.1 Å². The normalized spacial score (nSPS) is 25.4. The van der Waals surface area contributed by atoms with Crippen molar-refractivity contribution in [2.24, 2.45) is 0 Å². The van der Waals surface area contributed by atoms with Gasteiger partial charge in [0.25, 0.3) is 0 Å². The number of halogens is 1. The van der Waals surface area contributed by atoms with Gasteiger partial charge in [0.05, 0.1) is 11.7 Å². The lowest BCUT2D eigenvalue weighted by Crippen LogP contribution is -2.46. The molecule has 0 bridgehead atoms. The van der Waals surface area contributed by atoms with Gasteiger partial charge in [0.1, 0.15) is 6.17 Å². The van der Waals surface area contributed by atoms with Gasteiger partial charge in [0.15, 0.2) is 0 Å². The number of anilines is 1. The van der Waals surface area contributed by atoms with Gasteiger partial charge in [-0.1, -0.05) is 13.8 Å². The van der Waals surface area contributed by atoms with E-state index in [1.54, 1.807) is 6.20 Å². The molecule has 1 aliphatic heterocycles. The van der Waals surface area contributed by atoms with E-state index in [0.29, 0.717) is 12.5 Å². The quantitative estimate of drug-likeness (QED) is 0.895. The minimum atomic E-state index is -0.813. The highest BCUT2D eigenvalue weighted by molar-refractivity contribution is 5.44. The Morgan fingerprint density at radius 3 is 2.89 bits per heavy atom. The van der Waals surface area contributed by atoms with Gasteiger partial charge in [-0.2, -0.15) is 0 Å². The Morgan fingerprint density at radius 2 is 2.22 bits per heavy atom. The van der Waals surface area contributed by atoms with E-state index in [-0.39, 0.29) is 6.04 Å². The molecule has 2 unspecified atom stereocenters. The molecule has 0 radical (unpaired) electrons. The van der Waals surface area contributed by atoms with E-state index < -0.39 is 6.17 Å². The standard InChI is InChI=1S/C14H22FN3/c1-10(2)11-6-12(8-16-7-11)17-14-4-5-18(3)9-13(14)15/h6-8,10,13-14,17H,4-5,9H2,1-3H3. The van der Waals surface area contributed by atoms with Crippen molar-refractivity contribution >= 4 is 5.69 Å². The molecule has 2 heterocycles. The second-order valence-electron chi connectivity index (χ2n) is 5.48. The van der Waals surface area contributed by atoms with E-state index in [4.69, 9.17) is 0 Å². The summed E-state index contributed by atoms with van der Waals surface area (Å²) in [6.07, 6.45) is 3.67. The predicted molar refractivity (Wildman–Crippen MR) is 72.7 cm³/mol. The van der Waals surface area contributed by atoms with Crippen molar-refractivity contribution in [3.63, 3.8) is 0 Å². The van der Waals surface area contributed by atoms with Crippen LogP contribution in [0.2, 0.25) is 0 Å². The summed E-state index contributed by atoms with van der Waals surface area (Å²) in [7, 11) is 1.96. The predicted octanol–water partition coefficient (Wildman–Crippen LogP) is 2.66. The molecular weight excluding hydrogens is 229 g/mol. The molecule has 3 nitrogen and oxygen atoms in total. The van der Waals surface area contributed by atoms with Gasteiger partial charge in [0, 0.05) is 25.5 Å². The fourth-order valence-corrected chi connectivity index (χ4v) is 2.29. The molecule has 1 saturated heterocycles. The zero-order chi connectivity index (χ0) is 13.1. The number of pyridine rings is 1. The van der Waals surface area contributed by atoms with Crippen LogP contribution in [0.5, 0.6) is 0 Å². The van der Waals surface area contributed by atoms with Crippen molar-refractivity contribution < 1.29 is 4.39 Å². The number of hydrogen-bond acceptors (Lipinski definition) is 3. The topological polar surface area (TPSA) is 28.2 Å². The number of rotatable bonds is 3. The van der Waals surface area contributed by atoms with Crippen LogP contribution in [-0.4, -0.2) is 42.2 Å². The first-order chi connectivity index (χ1) is 8.56. The Bertz CT molecular complexity index is 394. The highest BCUT2D eigenvalue weighted by Gasteiger charge is 2.27. The number of nitrogens with zero attached hydrogens (tertiary/aromatic N) is 2. The van der Waals surface area contributed by atoms with Crippen LogP contribution >= 0.6 is 0 Å². The first-order valence-corrected chi connectivity index (χ1v) is 6.60. The Balaban J connectivity index is 2.02. The molecule has 1 aromatic rings. The fourth-order valence-electron chi connectivity index (χ4n) is 2.29. The summed E-state index contributed by atoms with van der Waals surface area (Å²) in [5, 5.41) is 3.28. The Hall–Kier alpha value is -1.16. The van der Waals surface area contributed by atoms with Gasteiger partial charge in [0.2, 0.25) is 0 Å². The smallest absolute Gasteiger partial charge is 0.133 e. The fraction of sp³-hybridized carbons (Fsp3) is 0.643. The molecule has 0 saturated carbocycles. The van der Waals surface area contributed by atoms with Crippen molar-refractivity contribution in [1.82, 2.24) is 9.88 Å². The van der Waals surface area contributed by atoms with Crippen LogP contribution in [-0.2, 0) is 0 Å². The van der Waals surface area contributed by atoms with Crippen LogP contribution in [0.15, 0.2) is 18.5 Å². The SMILES string of the molecule is CC(C)c1cncc(NC2CCN(C)CC2F)c1. The van der Waals surface area contributed by atoms with Crippen molar-refractivity contribution in [3.8, 4) is 0 Å². The van der Waals surface area contributed by atoms with Gasteiger partial charge in [-0.05, 0) is 31.0 Å². The van der Waals surface area contributed by atoms with E-state index in [0.717, 1.165) is 18.7 Å². The average molecular weight is 251 g/mol. The van der Waals surface area contributed by atoms with Crippen molar-refractivity contribution in [2.75, 3.05) is 25.5 Å². The average Bonchev–Trinajstić information content (AvgIpc) is 2.33. The molecule has 0 spiro atoms. The number of piperidine rings is 1. The molecule has 4 heteroatoms. The molecule has 1 N–H and O–H groups in total. The molecule has 2 rings (SSSR count). The van der Waals surface area contributed by atoms with Crippen LogP contribution in [0.1, 0.15) is 31.7 Å². The van der Waals surface area contributed by atoms with Crippen molar-refractivity contribution in [1.29, 1.82) is 0 Å². The highest BCUT2D eigenvalue weighted by atomic mass is 19.1. The lowest BCUT2D eigenvalue weighted by atomic mass is 10.0. The number of likely N-dealkylation sites (tertiary alicyclic amines) is 1. The zero-order valence-corrected chi connectivity index (χ0v) is 11.4. The van der Waals surface area contributed by atoms with Crippen LogP contribution in [0.4, 0.5) is 10.1 Å². The molecular formula is C14H22FN3. The summed E-state index contributed by atoms with van der Waals surface area (Å²) in [6.45, 7) is 5.72. The van der Waals surface area contributed by atoms with E-state index in [9.17, 15) is 4.39 Å². The third-order valence-electron chi connectivity index (χ3n) is 3.52. The minimum Gasteiger partial charge on any atom is -0.378 e. The number of hydrogen-bond donors (Lipinski definition) is 1. The Labute approximate surface area is 108 Å². The summed E-state index contributed by atoms with van der Waals surface area (Å²) in [6, 6.07) is 1.98. The Kier molecular flexibility index (Phi) is 4.17. The number of aromatic nitrogens is 1. The van der Waals surface area contributed by atoms with Crippen molar-refractivity contribution in [2.45, 2.75) is 38.4 Å². The first kappa shape index (κ1) is 13.3. The van der Waals surface area contributed by atoms with Gasteiger partial charge < -0.3 is 10.2 Å². The summed E-state index contributed by atoms with van der Waals surface area (Å²) in [5.74, 6) is 0.443. The summed E-state index contributed by atoms with van der Waals surface area (Å²) in [5.41, 5.74) is 2.11. The first-order valence-electron chi connectivity index (χ1n) is 6.60. The molecule has 2 atom stereocenters. The van der Waals surface area contributed by atoms with E-state index in [2.05, 4.69) is 30.2 Å². The van der Waals surface area contributed by atoms with Crippen LogP contribution in [0.3, 0.4) is 0 Å². The molecule has 100 valence electrons. The molecule has 1 fully saturated rings. The summed E-state index contributed by atoms with van der Waals surface area (Å²) < 4.78 is 13.9. The third kappa shape index (κ3) is 3.19. The Morgan fingerprint density at radius 1 is 1.44 bits per heavy atom. The maximum absolute atomic E-state index is 13.9. The monoisotopic (exact) mass is 251 g/mol. The molecule has 18 heavy (non-hydrogen) atoms. The highest BCUT2D eigenvalue weighted by Crippen LogP contribution is 2.21. The number of nitrogens with one attached hydrogen (secondary N) is 1. The minimum absolute atomic E-state index is 0.0922. The molecule has 1 aliphatic rings. The van der Waals surface area contributed by atoms with Crippen molar-refractivity contribution in [3.05, 3.63) is 24.0 Å². The summed E-state index contributed by atoms with van der Waals surface area (Å²) >= 11 is 0. The van der Waals surface area contributed by atoms with E-state index in [1.165, 1.54) is 5.56 Å². The molecule has 0 amide bonds. The van der Waals surface area contributed by atoms with Crippen LogP contribution in [0.25, 0.3) is 0 Å². The van der Waals surface area contributed by atoms with Crippen LogP contribution < -0.4 is 5.32 Å². The van der Waals surface area contributed by atoms with Gasteiger partial charge >= 0.3 is 0 Å². The molecule has 0 aromatic carbocycles. The maximum atomic E-state index is 13.9. The van der Waals surface area contributed by atoms with Gasteiger partial charge in [-0.15, -0.1) is 0 Å². The second-order valence-corrected chi connectivity index (χ2v) is 5.48.